The topological polar surface area (TPSA) is 47.7 Å². The van der Waals surface area contributed by atoms with E-state index in [0.717, 1.165) is 37.6 Å². The Kier molecular flexibility index (Phi) is 5.40. The second-order valence-corrected chi connectivity index (χ2v) is 5.78. The van der Waals surface area contributed by atoms with Gasteiger partial charge in [0.05, 0.1) is 18.8 Å². The lowest BCUT2D eigenvalue weighted by Gasteiger charge is -2.32. The zero-order valence-corrected chi connectivity index (χ0v) is 12.7. The van der Waals surface area contributed by atoms with Crippen LogP contribution in [-0.4, -0.2) is 43.3 Å². The van der Waals surface area contributed by atoms with Crippen LogP contribution in [0.25, 0.3) is 0 Å². The van der Waals surface area contributed by atoms with Gasteiger partial charge in [0.25, 0.3) is 0 Å². The van der Waals surface area contributed by atoms with E-state index >= 15 is 0 Å². The Hall–Kier alpha value is -1.10. The van der Waals surface area contributed by atoms with E-state index in [1.54, 1.807) is 0 Å². The van der Waals surface area contributed by atoms with Crippen molar-refractivity contribution in [3.8, 4) is 5.75 Å². The summed E-state index contributed by atoms with van der Waals surface area (Å²) < 4.78 is 11.2. The molecular formula is C16H26N2O2. The van der Waals surface area contributed by atoms with E-state index in [0.29, 0.717) is 6.10 Å². The Labute approximate surface area is 121 Å². The van der Waals surface area contributed by atoms with Crippen LogP contribution in [0.3, 0.4) is 0 Å². The minimum atomic E-state index is 0.0356. The Morgan fingerprint density at radius 2 is 2.05 bits per heavy atom. The number of rotatable bonds is 5. The molecule has 4 nitrogen and oxygen atoms in total. The summed E-state index contributed by atoms with van der Waals surface area (Å²) >= 11 is 0. The second kappa shape index (κ2) is 7.07. The van der Waals surface area contributed by atoms with Crippen LogP contribution in [0, 0.1) is 0 Å². The highest BCUT2D eigenvalue weighted by molar-refractivity contribution is 5.29. The van der Waals surface area contributed by atoms with Gasteiger partial charge in [0.15, 0.2) is 0 Å². The molecule has 4 heteroatoms. The minimum Gasteiger partial charge on any atom is -0.491 e. The summed E-state index contributed by atoms with van der Waals surface area (Å²) in [7, 11) is 0. The van der Waals surface area contributed by atoms with Crippen molar-refractivity contribution in [1.82, 2.24) is 4.90 Å². The van der Waals surface area contributed by atoms with Crippen molar-refractivity contribution in [3.05, 3.63) is 29.8 Å². The van der Waals surface area contributed by atoms with Crippen LogP contribution in [-0.2, 0) is 4.74 Å². The lowest BCUT2D eigenvalue weighted by molar-refractivity contribution is -0.0199. The van der Waals surface area contributed by atoms with Gasteiger partial charge in [-0.1, -0.05) is 12.1 Å². The van der Waals surface area contributed by atoms with Gasteiger partial charge in [0, 0.05) is 25.7 Å². The highest BCUT2D eigenvalue weighted by Gasteiger charge is 2.19. The maximum atomic E-state index is 6.30. The fourth-order valence-corrected chi connectivity index (χ4v) is 2.51. The largest absolute Gasteiger partial charge is 0.491 e. The Morgan fingerprint density at radius 3 is 2.65 bits per heavy atom. The number of morpholine rings is 1. The predicted octanol–water partition coefficient (Wildman–Crippen LogP) is 2.19. The van der Waals surface area contributed by atoms with Crippen LogP contribution in [0.4, 0.5) is 0 Å². The molecule has 2 unspecified atom stereocenters. The fraction of sp³-hybridized carbons (Fsp3) is 0.625. The van der Waals surface area contributed by atoms with Crippen LogP contribution >= 0.6 is 0 Å². The van der Waals surface area contributed by atoms with Crippen LogP contribution in [0.2, 0.25) is 0 Å². The van der Waals surface area contributed by atoms with Crippen LogP contribution < -0.4 is 10.5 Å². The van der Waals surface area contributed by atoms with Gasteiger partial charge in [-0.05, 0) is 38.5 Å². The smallest absolute Gasteiger partial charge is 0.119 e. The van der Waals surface area contributed by atoms with Crippen LogP contribution in [0.5, 0.6) is 5.75 Å². The first kappa shape index (κ1) is 15.3. The van der Waals surface area contributed by atoms with Gasteiger partial charge in [-0.15, -0.1) is 0 Å². The lowest BCUT2D eigenvalue weighted by Crippen LogP contribution is -2.44. The third-order valence-electron chi connectivity index (χ3n) is 3.46. The molecule has 0 aliphatic carbocycles. The van der Waals surface area contributed by atoms with E-state index in [1.807, 2.05) is 26.0 Å². The van der Waals surface area contributed by atoms with Crippen molar-refractivity contribution in [2.24, 2.45) is 5.73 Å². The third-order valence-corrected chi connectivity index (χ3v) is 3.46. The molecule has 2 N–H and O–H groups in total. The molecular weight excluding hydrogens is 252 g/mol. The molecule has 0 bridgehead atoms. The first-order valence-electron chi connectivity index (χ1n) is 7.40. The lowest BCUT2D eigenvalue weighted by atomic mass is 10.1. The average molecular weight is 278 g/mol. The standard InChI is InChI=1S/C16H26N2O2/c1-12(2)20-15-6-4-14(5-7-15)16(17)11-18-8-9-19-13(3)10-18/h4-7,12-13,16H,8-11,17H2,1-3H3. The van der Waals surface area contributed by atoms with Gasteiger partial charge in [-0.2, -0.15) is 0 Å². The van der Waals surface area contributed by atoms with Crippen molar-refractivity contribution in [1.29, 1.82) is 0 Å². The van der Waals surface area contributed by atoms with E-state index in [4.69, 9.17) is 15.2 Å². The Bertz CT molecular complexity index is 405. The van der Waals surface area contributed by atoms with Crippen molar-refractivity contribution in [3.63, 3.8) is 0 Å². The van der Waals surface area contributed by atoms with Gasteiger partial charge < -0.3 is 15.2 Å². The summed E-state index contributed by atoms with van der Waals surface area (Å²) in [5.41, 5.74) is 7.45. The summed E-state index contributed by atoms with van der Waals surface area (Å²) in [6.07, 6.45) is 0.502. The van der Waals surface area contributed by atoms with Crippen molar-refractivity contribution < 1.29 is 9.47 Å². The number of nitrogens with zero attached hydrogens (tertiary/aromatic N) is 1. The first-order valence-corrected chi connectivity index (χ1v) is 7.40. The molecule has 1 aromatic rings. The van der Waals surface area contributed by atoms with E-state index < -0.39 is 0 Å². The van der Waals surface area contributed by atoms with Crippen molar-refractivity contribution in [2.75, 3.05) is 26.2 Å². The molecule has 1 saturated heterocycles. The van der Waals surface area contributed by atoms with Gasteiger partial charge >= 0.3 is 0 Å². The molecule has 0 radical (unpaired) electrons. The zero-order valence-electron chi connectivity index (χ0n) is 12.7. The average Bonchev–Trinajstić information content (AvgIpc) is 2.38. The monoisotopic (exact) mass is 278 g/mol. The Morgan fingerprint density at radius 1 is 1.35 bits per heavy atom. The quantitative estimate of drug-likeness (QED) is 0.897. The minimum absolute atomic E-state index is 0.0356. The van der Waals surface area contributed by atoms with Crippen LogP contribution in [0.1, 0.15) is 32.4 Å². The molecule has 1 fully saturated rings. The molecule has 2 rings (SSSR count). The van der Waals surface area contributed by atoms with Crippen molar-refractivity contribution in [2.45, 2.75) is 39.0 Å². The van der Waals surface area contributed by atoms with E-state index in [-0.39, 0.29) is 12.1 Å². The molecule has 0 aromatic heterocycles. The molecule has 0 amide bonds. The van der Waals surface area contributed by atoms with E-state index in [9.17, 15) is 0 Å². The summed E-state index contributed by atoms with van der Waals surface area (Å²) in [6.45, 7) is 9.76. The number of ether oxygens (including phenoxy) is 2. The maximum absolute atomic E-state index is 6.30. The molecule has 1 aliphatic heterocycles. The zero-order chi connectivity index (χ0) is 14.5. The highest BCUT2D eigenvalue weighted by Crippen LogP contribution is 2.19. The van der Waals surface area contributed by atoms with E-state index in [1.165, 1.54) is 0 Å². The SMILES string of the molecule is CC(C)Oc1ccc(C(N)CN2CCOC(C)C2)cc1. The number of nitrogens with two attached hydrogens (primary N) is 1. The summed E-state index contributed by atoms with van der Waals surface area (Å²) in [5.74, 6) is 0.899. The molecule has 1 aromatic carbocycles. The summed E-state index contributed by atoms with van der Waals surface area (Å²) in [5, 5.41) is 0. The molecule has 2 atom stereocenters. The number of hydrogen-bond donors (Lipinski definition) is 1. The predicted molar refractivity (Wildman–Crippen MR) is 81.0 cm³/mol. The molecule has 20 heavy (non-hydrogen) atoms. The fourth-order valence-electron chi connectivity index (χ4n) is 2.51. The summed E-state index contributed by atoms with van der Waals surface area (Å²) in [6, 6.07) is 8.15. The van der Waals surface area contributed by atoms with Crippen molar-refractivity contribution >= 4 is 0 Å². The molecule has 0 saturated carbocycles. The second-order valence-electron chi connectivity index (χ2n) is 5.78. The molecule has 1 aliphatic rings. The van der Waals surface area contributed by atoms with Gasteiger partial charge in [0.1, 0.15) is 5.75 Å². The Balaban J connectivity index is 1.90. The van der Waals surface area contributed by atoms with Gasteiger partial charge in [-0.3, -0.25) is 4.90 Å². The molecule has 112 valence electrons. The number of hydrogen-bond acceptors (Lipinski definition) is 4. The number of benzene rings is 1. The first-order chi connectivity index (χ1) is 9.54. The third kappa shape index (κ3) is 4.47. The maximum Gasteiger partial charge on any atom is 0.119 e. The van der Waals surface area contributed by atoms with Crippen LogP contribution in [0.15, 0.2) is 24.3 Å². The molecule has 1 heterocycles. The van der Waals surface area contributed by atoms with Gasteiger partial charge in [0.2, 0.25) is 0 Å². The van der Waals surface area contributed by atoms with E-state index in [2.05, 4.69) is 24.0 Å². The summed E-state index contributed by atoms with van der Waals surface area (Å²) in [4.78, 5) is 2.37. The molecule has 0 spiro atoms. The van der Waals surface area contributed by atoms with Gasteiger partial charge in [-0.25, -0.2) is 0 Å². The highest BCUT2D eigenvalue weighted by atomic mass is 16.5. The normalized spacial score (nSPS) is 21.9.